The Morgan fingerprint density at radius 2 is 2.00 bits per heavy atom. The highest BCUT2D eigenvalue weighted by Gasteiger charge is 2.27. The van der Waals surface area contributed by atoms with Crippen LogP contribution in [0.15, 0.2) is 52.1 Å². The lowest BCUT2D eigenvalue weighted by molar-refractivity contribution is 0.0909. The number of benzene rings is 1. The van der Waals surface area contributed by atoms with Gasteiger partial charge in [0.1, 0.15) is 11.9 Å². The first-order valence-electron chi connectivity index (χ1n) is 9.01. The Morgan fingerprint density at radius 3 is 2.63 bits per heavy atom. The number of nitrogens with one attached hydrogen (secondary N) is 2. The monoisotopic (exact) mass is 433 g/mol. The highest BCUT2D eigenvalue weighted by molar-refractivity contribution is 7.89. The maximum atomic E-state index is 14.3. The topological polar surface area (TPSA) is 127 Å². The molecule has 1 amide bonds. The third-order valence-corrected chi connectivity index (χ3v) is 5.75. The zero-order chi connectivity index (χ0) is 21.9. The van der Waals surface area contributed by atoms with E-state index in [9.17, 15) is 17.6 Å². The SMILES string of the molecule is CNS(=O)(=O)c1ccc(F)c(C(=O)NC(c2nc(-c3cccnc3)no2)C(C)C)c1. The number of hydrogen-bond acceptors (Lipinski definition) is 7. The molecule has 1 unspecified atom stereocenters. The van der Waals surface area contributed by atoms with Crippen molar-refractivity contribution in [2.75, 3.05) is 7.05 Å². The van der Waals surface area contributed by atoms with E-state index < -0.39 is 33.4 Å². The summed E-state index contributed by atoms with van der Waals surface area (Å²) in [5.41, 5.74) is 0.223. The Hall–Kier alpha value is -3.18. The Bertz CT molecular complexity index is 1150. The number of sulfonamides is 1. The summed E-state index contributed by atoms with van der Waals surface area (Å²) in [6.45, 7) is 3.63. The Labute approximate surface area is 172 Å². The van der Waals surface area contributed by atoms with Crippen LogP contribution in [0, 0.1) is 11.7 Å². The highest BCUT2D eigenvalue weighted by atomic mass is 32.2. The molecule has 2 heterocycles. The highest BCUT2D eigenvalue weighted by Crippen LogP contribution is 2.24. The molecule has 2 aromatic heterocycles. The molecule has 158 valence electrons. The van der Waals surface area contributed by atoms with Gasteiger partial charge in [0, 0.05) is 18.0 Å². The summed E-state index contributed by atoms with van der Waals surface area (Å²) in [4.78, 5) is 20.8. The molecule has 0 bridgehead atoms. The first kappa shape index (κ1) is 21.5. The van der Waals surface area contributed by atoms with Crippen LogP contribution in [0.25, 0.3) is 11.4 Å². The molecule has 0 aliphatic rings. The summed E-state index contributed by atoms with van der Waals surface area (Å²) in [5, 5.41) is 6.55. The number of rotatable bonds is 7. The normalized spacial score (nSPS) is 12.7. The van der Waals surface area contributed by atoms with E-state index in [2.05, 4.69) is 25.2 Å². The van der Waals surface area contributed by atoms with E-state index in [4.69, 9.17) is 4.52 Å². The van der Waals surface area contributed by atoms with Crippen LogP contribution < -0.4 is 10.0 Å². The fourth-order valence-electron chi connectivity index (χ4n) is 2.67. The fourth-order valence-corrected chi connectivity index (χ4v) is 3.43. The number of amides is 1. The van der Waals surface area contributed by atoms with E-state index in [-0.39, 0.29) is 16.7 Å². The van der Waals surface area contributed by atoms with Crippen molar-refractivity contribution >= 4 is 15.9 Å². The van der Waals surface area contributed by atoms with E-state index >= 15 is 0 Å². The number of pyridine rings is 1. The molecule has 30 heavy (non-hydrogen) atoms. The lowest BCUT2D eigenvalue weighted by Crippen LogP contribution is -2.33. The van der Waals surface area contributed by atoms with Crippen molar-refractivity contribution in [1.82, 2.24) is 25.2 Å². The van der Waals surface area contributed by atoms with Gasteiger partial charge < -0.3 is 9.84 Å². The van der Waals surface area contributed by atoms with Gasteiger partial charge in [-0.05, 0) is 43.3 Å². The van der Waals surface area contributed by atoms with E-state index in [1.54, 1.807) is 24.5 Å². The summed E-state index contributed by atoms with van der Waals surface area (Å²) in [5.74, 6) is -1.40. The first-order chi connectivity index (χ1) is 14.2. The van der Waals surface area contributed by atoms with Crippen LogP contribution in [-0.4, -0.2) is 36.5 Å². The molecule has 0 fully saturated rings. The van der Waals surface area contributed by atoms with Gasteiger partial charge in [0.15, 0.2) is 0 Å². The van der Waals surface area contributed by atoms with Gasteiger partial charge in [-0.15, -0.1) is 0 Å². The van der Waals surface area contributed by atoms with Crippen molar-refractivity contribution < 1.29 is 22.1 Å². The number of aromatic nitrogens is 3. The second-order valence-electron chi connectivity index (χ2n) is 6.74. The van der Waals surface area contributed by atoms with Gasteiger partial charge in [0.2, 0.25) is 21.7 Å². The van der Waals surface area contributed by atoms with E-state index in [1.165, 1.54) is 7.05 Å². The minimum absolute atomic E-state index is 0.136. The van der Waals surface area contributed by atoms with E-state index in [1.807, 2.05) is 13.8 Å². The Kier molecular flexibility index (Phi) is 6.22. The minimum atomic E-state index is -3.84. The van der Waals surface area contributed by atoms with Gasteiger partial charge in [0.05, 0.1) is 10.5 Å². The third-order valence-electron chi connectivity index (χ3n) is 4.34. The van der Waals surface area contributed by atoms with Crippen molar-refractivity contribution in [3.63, 3.8) is 0 Å². The maximum Gasteiger partial charge on any atom is 0.254 e. The van der Waals surface area contributed by atoms with Crippen LogP contribution in [0.2, 0.25) is 0 Å². The molecule has 0 aliphatic heterocycles. The molecule has 0 aliphatic carbocycles. The van der Waals surface area contributed by atoms with Crippen LogP contribution in [0.1, 0.15) is 36.1 Å². The average molecular weight is 433 g/mol. The predicted octanol–water partition coefficient (Wildman–Crippen LogP) is 2.31. The minimum Gasteiger partial charge on any atom is -0.340 e. The predicted molar refractivity (Wildman–Crippen MR) is 105 cm³/mol. The van der Waals surface area contributed by atoms with Crippen LogP contribution in [-0.2, 0) is 10.0 Å². The summed E-state index contributed by atoms with van der Waals surface area (Å²) < 4.78 is 45.6. The zero-order valence-electron chi connectivity index (χ0n) is 16.5. The van der Waals surface area contributed by atoms with Crippen LogP contribution in [0.4, 0.5) is 4.39 Å². The lowest BCUT2D eigenvalue weighted by atomic mass is 10.0. The fraction of sp³-hybridized carbons (Fsp3) is 0.263. The molecule has 1 aromatic carbocycles. The smallest absolute Gasteiger partial charge is 0.254 e. The number of carbonyl (C=O) groups excluding carboxylic acids is 1. The molecule has 11 heteroatoms. The van der Waals surface area contributed by atoms with Gasteiger partial charge >= 0.3 is 0 Å². The number of halogens is 1. The number of nitrogens with zero attached hydrogens (tertiary/aromatic N) is 3. The molecule has 1 atom stereocenters. The van der Waals surface area contributed by atoms with Gasteiger partial charge in [0.25, 0.3) is 5.91 Å². The van der Waals surface area contributed by atoms with Crippen molar-refractivity contribution in [1.29, 1.82) is 0 Å². The van der Waals surface area contributed by atoms with Crippen molar-refractivity contribution in [2.45, 2.75) is 24.8 Å². The van der Waals surface area contributed by atoms with Gasteiger partial charge in [-0.2, -0.15) is 4.98 Å². The Balaban J connectivity index is 1.89. The Morgan fingerprint density at radius 1 is 1.23 bits per heavy atom. The van der Waals surface area contributed by atoms with Crippen LogP contribution >= 0.6 is 0 Å². The van der Waals surface area contributed by atoms with E-state index in [0.29, 0.717) is 11.4 Å². The number of hydrogen-bond donors (Lipinski definition) is 2. The van der Waals surface area contributed by atoms with Crippen molar-refractivity contribution in [2.24, 2.45) is 5.92 Å². The van der Waals surface area contributed by atoms with Gasteiger partial charge in [-0.25, -0.2) is 17.5 Å². The van der Waals surface area contributed by atoms with Gasteiger partial charge in [-0.1, -0.05) is 19.0 Å². The van der Waals surface area contributed by atoms with Crippen molar-refractivity contribution in [3.8, 4) is 11.4 Å². The molecular formula is C19H20FN5O4S. The molecular weight excluding hydrogens is 413 g/mol. The number of carbonyl (C=O) groups is 1. The zero-order valence-corrected chi connectivity index (χ0v) is 17.3. The first-order valence-corrected chi connectivity index (χ1v) is 10.5. The molecule has 0 saturated carbocycles. The standard InChI is InChI=1S/C19H20FN5O4S/c1-11(2)16(19-24-17(25-29-19)12-5-4-8-22-10-12)23-18(26)14-9-13(6-7-15(14)20)30(27,28)21-3/h4-11,16,21H,1-3H3,(H,23,26). The lowest BCUT2D eigenvalue weighted by Gasteiger charge is -2.19. The summed E-state index contributed by atoms with van der Waals surface area (Å²) in [7, 11) is -2.61. The third kappa shape index (κ3) is 4.52. The average Bonchev–Trinajstić information content (AvgIpc) is 3.22. The maximum absolute atomic E-state index is 14.3. The second kappa shape index (κ2) is 8.67. The quantitative estimate of drug-likeness (QED) is 0.585. The molecule has 0 radical (unpaired) electrons. The van der Waals surface area contributed by atoms with E-state index in [0.717, 1.165) is 18.2 Å². The largest absolute Gasteiger partial charge is 0.340 e. The molecule has 3 aromatic rings. The molecule has 0 saturated heterocycles. The molecule has 2 N–H and O–H groups in total. The molecule has 3 rings (SSSR count). The second-order valence-corrected chi connectivity index (χ2v) is 8.63. The molecule has 9 nitrogen and oxygen atoms in total. The summed E-state index contributed by atoms with van der Waals surface area (Å²) >= 11 is 0. The summed E-state index contributed by atoms with van der Waals surface area (Å²) in [6, 6.07) is 5.74. The summed E-state index contributed by atoms with van der Waals surface area (Å²) in [6.07, 6.45) is 3.18. The van der Waals surface area contributed by atoms with Crippen molar-refractivity contribution in [3.05, 3.63) is 60.0 Å². The molecule has 0 spiro atoms. The van der Waals surface area contributed by atoms with Crippen LogP contribution in [0.5, 0.6) is 0 Å². The van der Waals surface area contributed by atoms with Gasteiger partial charge in [-0.3, -0.25) is 9.78 Å². The van der Waals surface area contributed by atoms with Crippen LogP contribution in [0.3, 0.4) is 0 Å².